The Morgan fingerprint density at radius 1 is 1.16 bits per heavy atom. The van der Waals surface area contributed by atoms with E-state index in [2.05, 4.69) is 31.0 Å². The van der Waals surface area contributed by atoms with Crippen LogP contribution in [0.5, 0.6) is 0 Å². The zero-order valence-corrected chi connectivity index (χ0v) is 13.2. The van der Waals surface area contributed by atoms with Crippen LogP contribution < -0.4 is 5.32 Å². The van der Waals surface area contributed by atoms with Crippen molar-refractivity contribution in [1.82, 2.24) is 10.2 Å². The second-order valence-corrected chi connectivity index (χ2v) is 5.51. The fraction of sp³-hybridized carbons (Fsp3) is 1.00. The summed E-state index contributed by atoms with van der Waals surface area (Å²) in [6.07, 6.45) is 3.59. The van der Waals surface area contributed by atoms with Crippen molar-refractivity contribution in [2.75, 3.05) is 46.6 Å². The predicted octanol–water partition coefficient (Wildman–Crippen LogP) is 1.89. The average molecular weight is 272 g/mol. The predicted molar refractivity (Wildman–Crippen MR) is 79.7 cm³/mol. The number of rotatable bonds is 9. The number of methoxy groups -OCH3 is 1. The van der Waals surface area contributed by atoms with Crippen molar-refractivity contribution in [3.63, 3.8) is 0 Å². The second kappa shape index (κ2) is 8.90. The van der Waals surface area contributed by atoms with E-state index in [-0.39, 0.29) is 0 Å². The summed E-state index contributed by atoms with van der Waals surface area (Å²) in [5.41, 5.74) is 0.304. The minimum atomic E-state index is 0.304. The van der Waals surface area contributed by atoms with Gasteiger partial charge in [0.2, 0.25) is 0 Å². The van der Waals surface area contributed by atoms with Gasteiger partial charge in [-0.05, 0) is 19.3 Å². The van der Waals surface area contributed by atoms with Crippen molar-refractivity contribution in [1.29, 1.82) is 0 Å². The molecule has 0 spiro atoms. The Morgan fingerprint density at radius 3 is 2.47 bits per heavy atom. The lowest BCUT2D eigenvalue weighted by Gasteiger charge is -2.47. The Morgan fingerprint density at radius 2 is 1.89 bits per heavy atom. The third-order valence-corrected chi connectivity index (χ3v) is 4.51. The molecule has 0 aromatic carbocycles. The molecule has 1 fully saturated rings. The van der Waals surface area contributed by atoms with Crippen LogP contribution in [0.1, 0.15) is 40.0 Å². The number of hydrogen-bond acceptors (Lipinski definition) is 4. The molecule has 4 nitrogen and oxygen atoms in total. The maximum atomic E-state index is 5.62. The van der Waals surface area contributed by atoms with Gasteiger partial charge >= 0.3 is 0 Å². The third kappa shape index (κ3) is 5.03. The number of nitrogens with one attached hydrogen (secondary N) is 1. The first kappa shape index (κ1) is 16.9. The van der Waals surface area contributed by atoms with Crippen LogP contribution in [0.4, 0.5) is 0 Å². The molecule has 1 saturated heterocycles. The summed E-state index contributed by atoms with van der Waals surface area (Å²) in [5, 5.41) is 3.77. The van der Waals surface area contributed by atoms with Gasteiger partial charge in [0.05, 0.1) is 19.8 Å². The van der Waals surface area contributed by atoms with Crippen molar-refractivity contribution in [3.05, 3.63) is 0 Å². The molecule has 0 bridgehead atoms. The lowest BCUT2D eigenvalue weighted by molar-refractivity contribution is 0.0219. The fourth-order valence-electron chi connectivity index (χ4n) is 2.85. The van der Waals surface area contributed by atoms with Crippen molar-refractivity contribution < 1.29 is 9.47 Å². The van der Waals surface area contributed by atoms with Crippen LogP contribution in [0.15, 0.2) is 0 Å². The summed E-state index contributed by atoms with van der Waals surface area (Å²) < 4.78 is 10.6. The first-order valence-electron chi connectivity index (χ1n) is 7.77. The highest BCUT2D eigenvalue weighted by atomic mass is 16.5. The Bertz CT molecular complexity index is 232. The Hall–Kier alpha value is -0.160. The van der Waals surface area contributed by atoms with E-state index in [0.717, 1.165) is 26.2 Å². The minimum absolute atomic E-state index is 0.304. The van der Waals surface area contributed by atoms with Crippen LogP contribution in [-0.2, 0) is 9.47 Å². The number of piperazine rings is 1. The Labute approximate surface area is 118 Å². The van der Waals surface area contributed by atoms with Gasteiger partial charge in [0.25, 0.3) is 0 Å². The Kier molecular flexibility index (Phi) is 7.91. The van der Waals surface area contributed by atoms with Gasteiger partial charge in [0.15, 0.2) is 0 Å². The molecular formula is C15H32N2O2. The minimum Gasteiger partial charge on any atom is -0.382 e. The van der Waals surface area contributed by atoms with E-state index >= 15 is 0 Å². The van der Waals surface area contributed by atoms with E-state index in [1.165, 1.54) is 19.3 Å². The molecule has 1 heterocycles. The maximum absolute atomic E-state index is 5.62. The largest absolute Gasteiger partial charge is 0.382 e. The highest BCUT2D eigenvalue weighted by Crippen LogP contribution is 2.23. The van der Waals surface area contributed by atoms with Gasteiger partial charge in [-0.15, -0.1) is 0 Å². The average Bonchev–Trinajstić information content (AvgIpc) is 2.46. The van der Waals surface area contributed by atoms with Crippen LogP contribution in [0.3, 0.4) is 0 Å². The molecule has 4 heteroatoms. The van der Waals surface area contributed by atoms with Crippen molar-refractivity contribution in [2.24, 2.45) is 0 Å². The van der Waals surface area contributed by atoms with Crippen LogP contribution >= 0.6 is 0 Å². The van der Waals surface area contributed by atoms with E-state index < -0.39 is 0 Å². The van der Waals surface area contributed by atoms with E-state index in [4.69, 9.17) is 9.47 Å². The van der Waals surface area contributed by atoms with E-state index in [0.29, 0.717) is 24.8 Å². The summed E-state index contributed by atoms with van der Waals surface area (Å²) in [6, 6.07) is 0.650. The van der Waals surface area contributed by atoms with Crippen LogP contribution in [0.2, 0.25) is 0 Å². The molecule has 1 aliphatic heterocycles. The molecule has 1 rings (SSSR count). The number of nitrogens with zero attached hydrogens (tertiary/aromatic N) is 1. The molecule has 1 aliphatic rings. The summed E-state index contributed by atoms with van der Waals surface area (Å²) in [7, 11) is 1.71. The highest BCUT2D eigenvalue weighted by Gasteiger charge is 2.35. The molecule has 0 amide bonds. The molecule has 19 heavy (non-hydrogen) atoms. The Balaban J connectivity index is 2.41. The smallest absolute Gasteiger partial charge is 0.0700 e. The van der Waals surface area contributed by atoms with Crippen LogP contribution in [0.25, 0.3) is 0 Å². The molecule has 1 unspecified atom stereocenters. The van der Waals surface area contributed by atoms with Gasteiger partial charge in [0, 0.05) is 38.3 Å². The molecule has 0 aliphatic carbocycles. The zero-order valence-electron chi connectivity index (χ0n) is 13.2. The summed E-state index contributed by atoms with van der Waals surface area (Å²) >= 11 is 0. The van der Waals surface area contributed by atoms with Crippen LogP contribution in [-0.4, -0.2) is 63.0 Å². The van der Waals surface area contributed by atoms with Crippen LogP contribution in [0, 0.1) is 0 Å². The van der Waals surface area contributed by atoms with Gasteiger partial charge in [-0.2, -0.15) is 0 Å². The zero-order chi connectivity index (χ0) is 14.1. The fourth-order valence-corrected chi connectivity index (χ4v) is 2.85. The number of hydrogen-bond donors (Lipinski definition) is 1. The number of ether oxygens (including phenoxy) is 2. The summed E-state index contributed by atoms with van der Waals surface area (Å²) in [6.45, 7) is 12.3. The van der Waals surface area contributed by atoms with E-state index in [1.54, 1.807) is 7.11 Å². The molecule has 0 aromatic rings. The molecule has 0 saturated carbocycles. The monoisotopic (exact) mass is 272 g/mol. The first-order chi connectivity index (χ1) is 9.21. The lowest BCUT2D eigenvalue weighted by Crippen LogP contribution is -2.64. The van der Waals surface area contributed by atoms with Gasteiger partial charge in [0.1, 0.15) is 0 Å². The van der Waals surface area contributed by atoms with Gasteiger partial charge < -0.3 is 14.8 Å². The van der Waals surface area contributed by atoms with Crippen molar-refractivity contribution >= 4 is 0 Å². The molecule has 114 valence electrons. The molecule has 1 N–H and O–H groups in total. The summed E-state index contributed by atoms with van der Waals surface area (Å²) in [4.78, 5) is 2.61. The molecule has 0 aromatic heterocycles. The molecule has 0 radical (unpaired) electrons. The molecular weight excluding hydrogens is 240 g/mol. The van der Waals surface area contributed by atoms with Crippen molar-refractivity contribution in [3.8, 4) is 0 Å². The topological polar surface area (TPSA) is 33.7 Å². The molecule has 1 atom stereocenters. The second-order valence-electron chi connectivity index (χ2n) is 5.51. The summed E-state index contributed by atoms with van der Waals surface area (Å²) in [5.74, 6) is 0. The van der Waals surface area contributed by atoms with Crippen molar-refractivity contribution in [2.45, 2.75) is 51.6 Å². The van der Waals surface area contributed by atoms with Gasteiger partial charge in [-0.3, -0.25) is 4.90 Å². The third-order valence-electron chi connectivity index (χ3n) is 4.51. The van der Waals surface area contributed by atoms with E-state index in [1.807, 2.05) is 0 Å². The van der Waals surface area contributed by atoms with Gasteiger partial charge in [-0.25, -0.2) is 0 Å². The van der Waals surface area contributed by atoms with E-state index in [9.17, 15) is 0 Å². The lowest BCUT2D eigenvalue weighted by atomic mass is 9.88. The van der Waals surface area contributed by atoms with Gasteiger partial charge in [-0.1, -0.05) is 20.8 Å². The SMILES string of the molecule is CCC1CNC(CC)(CC)CN1CCOCCOC. The maximum Gasteiger partial charge on any atom is 0.0700 e. The first-order valence-corrected chi connectivity index (χ1v) is 7.77. The quantitative estimate of drug-likeness (QED) is 0.650. The normalized spacial score (nSPS) is 23.7. The highest BCUT2D eigenvalue weighted by molar-refractivity contribution is 4.96. The standard InChI is InChI=1S/C15H32N2O2/c1-5-14-12-16-15(6-2,7-3)13-17(14)8-9-19-11-10-18-4/h14,16H,5-13H2,1-4H3.